The molecule has 1 unspecified atom stereocenters. The van der Waals surface area contributed by atoms with E-state index in [0.29, 0.717) is 12.5 Å². The molecule has 1 aliphatic heterocycles. The third-order valence-electron chi connectivity index (χ3n) is 3.68. The Labute approximate surface area is 84.1 Å². The van der Waals surface area contributed by atoms with Crippen molar-refractivity contribution in [2.24, 2.45) is 5.73 Å². The Balaban J connectivity index is 2.05. The molecule has 74 valence electrons. The Hall–Kier alpha value is -1.02. The predicted molar refractivity (Wildman–Crippen MR) is 55.4 cm³/mol. The summed E-state index contributed by atoms with van der Waals surface area (Å²) in [6.45, 7) is 0.705. The van der Waals surface area contributed by atoms with Crippen molar-refractivity contribution >= 4 is 0 Å². The van der Waals surface area contributed by atoms with Crippen LogP contribution >= 0.6 is 0 Å². The van der Waals surface area contributed by atoms with Crippen molar-refractivity contribution in [1.82, 2.24) is 0 Å². The van der Waals surface area contributed by atoms with Crippen LogP contribution in [0.1, 0.15) is 30.7 Å². The van der Waals surface area contributed by atoms with Crippen molar-refractivity contribution in [3.63, 3.8) is 0 Å². The average Bonchev–Trinajstić information content (AvgIpc) is 2.51. The van der Waals surface area contributed by atoms with Gasteiger partial charge in [-0.15, -0.1) is 0 Å². The fourth-order valence-corrected chi connectivity index (χ4v) is 2.75. The normalized spacial score (nSPS) is 26.8. The maximum atomic E-state index is 6.05. The Bertz CT molecular complexity index is 357. The number of fused-ring (bicyclic) bond motifs is 1. The Morgan fingerprint density at radius 1 is 1.36 bits per heavy atom. The highest BCUT2D eigenvalue weighted by Crippen LogP contribution is 2.53. The molecule has 2 nitrogen and oxygen atoms in total. The van der Waals surface area contributed by atoms with Gasteiger partial charge in [-0.3, -0.25) is 0 Å². The first kappa shape index (κ1) is 8.30. The van der Waals surface area contributed by atoms with E-state index in [1.807, 2.05) is 6.07 Å². The second-order valence-corrected chi connectivity index (χ2v) is 4.35. The summed E-state index contributed by atoms with van der Waals surface area (Å²) in [5, 5.41) is 0. The van der Waals surface area contributed by atoms with Gasteiger partial charge in [0.25, 0.3) is 0 Å². The van der Waals surface area contributed by atoms with Gasteiger partial charge in [0.1, 0.15) is 11.4 Å². The van der Waals surface area contributed by atoms with E-state index in [4.69, 9.17) is 10.5 Å². The van der Waals surface area contributed by atoms with Crippen LogP contribution in [0.3, 0.4) is 0 Å². The van der Waals surface area contributed by atoms with Gasteiger partial charge in [-0.25, -0.2) is 0 Å². The summed E-state index contributed by atoms with van der Waals surface area (Å²) in [6.07, 6.45) is 3.62. The molecule has 0 saturated heterocycles. The van der Waals surface area contributed by atoms with E-state index in [1.165, 1.54) is 24.8 Å². The van der Waals surface area contributed by atoms with Crippen LogP contribution in [0.25, 0.3) is 0 Å². The minimum Gasteiger partial charge on any atom is -0.486 e. The van der Waals surface area contributed by atoms with Crippen LogP contribution in [0.2, 0.25) is 0 Å². The zero-order chi connectivity index (χ0) is 9.60. The van der Waals surface area contributed by atoms with Gasteiger partial charge in [-0.2, -0.15) is 0 Å². The lowest BCUT2D eigenvalue weighted by molar-refractivity contribution is -0.00680. The van der Waals surface area contributed by atoms with E-state index >= 15 is 0 Å². The van der Waals surface area contributed by atoms with Crippen molar-refractivity contribution in [1.29, 1.82) is 0 Å². The molecule has 2 aliphatic rings. The lowest BCUT2D eigenvalue weighted by atomic mass is 9.70. The molecule has 1 aromatic rings. The van der Waals surface area contributed by atoms with E-state index in [9.17, 15) is 0 Å². The molecule has 1 spiro atoms. The van der Waals surface area contributed by atoms with Gasteiger partial charge in [0.05, 0.1) is 0 Å². The number of ether oxygens (including phenoxy) is 1. The van der Waals surface area contributed by atoms with E-state index in [2.05, 4.69) is 18.2 Å². The Kier molecular flexibility index (Phi) is 1.62. The Morgan fingerprint density at radius 3 is 2.79 bits per heavy atom. The van der Waals surface area contributed by atoms with Crippen molar-refractivity contribution in [2.75, 3.05) is 6.54 Å². The summed E-state index contributed by atoms with van der Waals surface area (Å²) < 4.78 is 6.05. The number of benzene rings is 1. The molecule has 0 amide bonds. The largest absolute Gasteiger partial charge is 0.486 e. The molecule has 0 bridgehead atoms. The highest BCUT2D eigenvalue weighted by atomic mass is 16.5. The molecule has 1 atom stereocenters. The summed E-state index contributed by atoms with van der Waals surface area (Å²) >= 11 is 0. The maximum absolute atomic E-state index is 6.05. The van der Waals surface area contributed by atoms with Crippen LogP contribution < -0.4 is 10.5 Å². The molecule has 1 heterocycles. The first-order valence-corrected chi connectivity index (χ1v) is 5.34. The van der Waals surface area contributed by atoms with Crippen molar-refractivity contribution in [2.45, 2.75) is 30.8 Å². The first-order valence-electron chi connectivity index (χ1n) is 5.34. The fraction of sp³-hybridized carbons (Fsp3) is 0.500. The van der Waals surface area contributed by atoms with Crippen molar-refractivity contribution in [3.05, 3.63) is 29.8 Å². The molecule has 1 aliphatic carbocycles. The standard InChI is InChI=1S/C12H15NO/c13-8-10-9-4-1-2-5-11(9)14-12(10)6-3-7-12/h1-2,4-5,10H,3,6-8,13H2. The van der Waals surface area contributed by atoms with Gasteiger partial charge in [-0.1, -0.05) is 18.2 Å². The van der Waals surface area contributed by atoms with Crippen LogP contribution in [0.15, 0.2) is 24.3 Å². The smallest absolute Gasteiger partial charge is 0.123 e. The minimum absolute atomic E-state index is 0.0679. The lowest BCUT2D eigenvalue weighted by Crippen LogP contribution is -2.47. The zero-order valence-electron chi connectivity index (χ0n) is 8.20. The van der Waals surface area contributed by atoms with Gasteiger partial charge < -0.3 is 10.5 Å². The molecule has 3 rings (SSSR count). The molecule has 14 heavy (non-hydrogen) atoms. The number of para-hydroxylation sites is 1. The van der Waals surface area contributed by atoms with Gasteiger partial charge >= 0.3 is 0 Å². The van der Waals surface area contributed by atoms with Crippen LogP contribution in [0.5, 0.6) is 5.75 Å². The summed E-state index contributed by atoms with van der Waals surface area (Å²) in [4.78, 5) is 0. The topological polar surface area (TPSA) is 35.2 Å². The average molecular weight is 189 g/mol. The molecule has 1 saturated carbocycles. The molecule has 1 aromatic carbocycles. The number of hydrogen-bond donors (Lipinski definition) is 1. The molecular weight excluding hydrogens is 174 g/mol. The van der Waals surface area contributed by atoms with Gasteiger partial charge in [0.2, 0.25) is 0 Å². The van der Waals surface area contributed by atoms with Crippen LogP contribution in [-0.4, -0.2) is 12.1 Å². The highest BCUT2D eigenvalue weighted by Gasteiger charge is 2.51. The second-order valence-electron chi connectivity index (χ2n) is 4.35. The lowest BCUT2D eigenvalue weighted by Gasteiger charge is -2.41. The maximum Gasteiger partial charge on any atom is 0.123 e. The predicted octanol–water partition coefficient (Wildman–Crippen LogP) is 2.04. The van der Waals surface area contributed by atoms with Gasteiger partial charge in [0.15, 0.2) is 0 Å². The summed E-state index contributed by atoms with van der Waals surface area (Å²) in [5.74, 6) is 1.48. The molecule has 2 heteroatoms. The summed E-state index contributed by atoms with van der Waals surface area (Å²) in [5.41, 5.74) is 7.24. The zero-order valence-corrected chi connectivity index (χ0v) is 8.20. The van der Waals surface area contributed by atoms with Crippen molar-refractivity contribution in [3.8, 4) is 5.75 Å². The van der Waals surface area contributed by atoms with E-state index in [0.717, 1.165) is 5.75 Å². The second kappa shape index (κ2) is 2.74. The number of rotatable bonds is 1. The Morgan fingerprint density at radius 2 is 2.14 bits per heavy atom. The van der Waals surface area contributed by atoms with E-state index in [-0.39, 0.29) is 5.60 Å². The minimum atomic E-state index is 0.0679. The third-order valence-corrected chi connectivity index (χ3v) is 3.68. The van der Waals surface area contributed by atoms with Crippen LogP contribution in [-0.2, 0) is 0 Å². The van der Waals surface area contributed by atoms with Crippen LogP contribution in [0, 0.1) is 0 Å². The quantitative estimate of drug-likeness (QED) is 0.733. The number of nitrogens with two attached hydrogens (primary N) is 1. The molecule has 2 N–H and O–H groups in total. The molecular formula is C12H15NO. The molecule has 0 aromatic heterocycles. The molecule has 0 radical (unpaired) electrons. The summed E-state index contributed by atoms with van der Waals surface area (Å²) in [7, 11) is 0. The molecule has 1 fully saturated rings. The third kappa shape index (κ3) is 0.894. The fourth-order valence-electron chi connectivity index (χ4n) is 2.75. The monoisotopic (exact) mass is 189 g/mol. The summed E-state index contributed by atoms with van der Waals surface area (Å²) in [6, 6.07) is 8.32. The number of hydrogen-bond acceptors (Lipinski definition) is 2. The van der Waals surface area contributed by atoms with E-state index < -0.39 is 0 Å². The van der Waals surface area contributed by atoms with E-state index in [1.54, 1.807) is 0 Å². The highest BCUT2D eigenvalue weighted by molar-refractivity contribution is 5.44. The van der Waals surface area contributed by atoms with Gasteiger partial charge in [0, 0.05) is 18.0 Å². The first-order chi connectivity index (χ1) is 6.86. The SMILES string of the molecule is NCC1c2ccccc2OC12CCC2. The van der Waals surface area contributed by atoms with Crippen molar-refractivity contribution < 1.29 is 4.74 Å². The van der Waals surface area contributed by atoms with Crippen LogP contribution in [0.4, 0.5) is 0 Å². The van der Waals surface area contributed by atoms with Gasteiger partial charge in [-0.05, 0) is 25.3 Å².